The molecule has 0 spiro atoms. The Balaban J connectivity index is 2.61. The van der Waals surface area contributed by atoms with E-state index in [1.807, 2.05) is 0 Å². The molecule has 0 aromatic rings. The molecular weight excluding hydrogens is 174 g/mol. The minimum atomic E-state index is 0.304. The second-order valence-corrected chi connectivity index (χ2v) is 6.49. The van der Waals surface area contributed by atoms with Crippen LogP contribution >= 0.6 is 0 Å². The predicted molar refractivity (Wildman–Crippen MR) is 60.5 cm³/mol. The molecule has 3 nitrogen and oxygen atoms in total. The zero-order chi connectivity index (χ0) is 11.0. The van der Waals surface area contributed by atoms with Crippen molar-refractivity contribution in [3.8, 4) is 0 Å². The maximum atomic E-state index is 3.30. The van der Waals surface area contributed by atoms with E-state index >= 15 is 0 Å². The Morgan fingerprint density at radius 1 is 0.786 bits per heavy atom. The molecule has 0 radical (unpaired) electrons. The number of nitrogens with one attached hydrogen (secondary N) is 3. The van der Waals surface area contributed by atoms with E-state index in [1.165, 1.54) is 6.42 Å². The van der Waals surface area contributed by atoms with Crippen molar-refractivity contribution in [2.75, 3.05) is 0 Å². The van der Waals surface area contributed by atoms with Gasteiger partial charge in [-0.1, -0.05) is 41.5 Å². The standard InChI is InChI=1S/C11H25N3/c1-10(2,3)8-7-9(11(4,5)6)13-14-12-8/h8-9,12-14H,7H2,1-6H3. The van der Waals surface area contributed by atoms with Crippen LogP contribution in [0.1, 0.15) is 48.0 Å². The van der Waals surface area contributed by atoms with E-state index in [1.54, 1.807) is 0 Å². The summed E-state index contributed by atoms with van der Waals surface area (Å²) in [7, 11) is 0. The molecule has 1 aliphatic rings. The van der Waals surface area contributed by atoms with Gasteiger partial charge in [0.05, 0.1) is 0 Å². The summed E-state index contributed by atoms with van der Waals surface area (Å²) in [6.07, 6.45) is 1.17. The lowest BCUT2D eigenvalue weighted by Gasteiger charge is -2.43. The predicted octanol–water partition coefficient (Wildman–Crippen LogP) is 1.82. The van der Waals surface area contributed by atoms with Crippen LogP contribution in [0, 0.1) is 10.8 Å². The Bertz CT molecular complexity index is 168. The molecule has 0 amide bonds. The van der Waals surface area contributed by atoms with Crippen molar-refractivity contribution in [3.05, 3.63) is 0 Å². The summed E-state index contributed by atoms with van der Waals surface area (Å²) in [5, 5.41) is 0. The normalized spacial score (nSPS) is 30.4. The van der Waals surface area contributed by atoms with E-state index in [0.29, 0.717) is 22.9 Å². The molecule has 1 saturated heterocycles. The van der Waals surface area contributed by atoms with Gasteiger partial charge in [-0.2, -0.15) is 5.53 Å². The largest absolute Gasteiger partial charge is 0.241 e. The second kappa shape index (κ2) is 3.80. The van der Waals surface area contributed by atoms with E-state index in [-0.39, 0.29) is 0 Å². The Kier molecular flexibility index (Phi) is 3.24. The fraction of sp³-hybridized carbons (Fsp3) is 1.00. The van der Waals surface area contributed by atoms with Crippen molar-refractivity contribution in [1.29, 1.82) is 0 Å². The second-order valence-electron chi connectivity index (χ2n) is 6.49. The molecule has 14 heavy (non-hydrogen) atoms. The summed E-state index contributed by atoms with van der Waals surface area (Å²) in [4.78, 5) is 0. The molecule has 1 rings (SSSR count). The van der Waals surface area contributed by atoms with Gasteiger partial charge in [-0.3, -0.25) is 0 Å². The average molecular weight is 199 g/mol. The molecular formula is C11H25N3. The van der Waals surface area contributed by atoms with Gasteiger partial charge in [0.1, 0.15) is 0 Å². The highest BCUT2D eigenvalue weighted by Crippen LogP contribution is 2.30. The molecule has 1 heterocycles. The highest BCUT2D eigenvalue weighted by molar-refractivity contribution is 4.90. The van der Waals surface area contributed by atoms with Crippen LogP contribution < -0.4 is 16.4 Å². The fourth-order valence-corrected chi connectivity index (χ4v) is 1.71. The first kappa shape index (κ1) is 12.0. The van der Waals surface area contributed by atoms with Gasteiger partial charge in [0.15, 0.2) is 0 Å². The van der Waals surface area contributed by atoms with Crippen LogP contribution in [0.3, 0.4) is 0 Å². The van der Waals surface area contributed by atoms with E-state index in [4.69, 9.17) is 0 Å². The van der Waals surface area contributed by atoms with E-state index in [2.05, 4.69) is 57.9 Å². The SMILES string of the molecule is CC(C)(C)C1CC(C(C)(C)C)NNN1. The van der Waals surface area contributed by atoms with Crippen LogP contribution in [0.25, 0.3) is 0 Å². The maximum absolute atomic E-state index is 3.30. The summed E-state index contributed by atoms with van der Waals surface area (Å²) in [5.74, 6) is 0. The lowest BCUT2D eigenvalue weighted by atomic mass is 9.76. The summed E-state index contributed by atoms with van der Waals surface area (Å²) in [6.45, 7) is 13.7. The van der Waals surface area contributed by atoms with Crippen LogP contribution in [-0.2, 0) is 0 Å². The Hall–Kier alpha value is -0.120. The quantitative estimate of drug-likeness (QED) is 0.557. The Morgan fingerprint density at radius 2 is 1.14 bits per heavy atom. The van der Waals surface area contributed by atoms with E-state index < -0.39 is 0 Å². The molecule has 3 heteroatoms. The molecule has 2 atom stereocenters. The first-order chi connectivity index (χ1) is 6.21. The van der Waals surface area contributed by atoms with Gasteiger partial charge < -0.3 is 0 Å². The smallest absolute Gasteiger partial charge is 0.0290 e. The molecule has 3 N–H and O–H groups in total. The Morgan fingerprint density at radius 3 is 1.43 bits per heavy atom. The summed E-state index contributed by atoms with van der Waals surface area (Å²) in [5.41, 5.74) is 10.3. The number of rotatable bonds is 0. The molecule has 2 unspecified atom stereocenters. The first-order valence-electron chi connectivity index (χ1n) is 5.47. The van der Waals surface area contributed by atoms with Gasteiger partial charge in [-0.25, -0.2) is 10.9 Å². The summed E-state index contributed by atoms with van der Waals surface area (Å²) in [6, 6.07) is 1.04. The molecule has 1 fully saturated rings. The lowest BCUT2D eigenvalue weighted by molar-refractivity contribution is 0.0947. The number of hydrogen-bond acceptors (Lipinski definition) is 3. The van der Waals surface area contributed by atoms with Crippen LogP contribution in [0.2, 0.25) is 0 Å². The van der Waals surface area contributed by atoms with E-state index in [0.717, 1.165) is 0 Å². The third-order valence-electron chi connectivity index (χ3n) is 3.05. The minimum Gasteiger partial charge on any atom is -0.241 e. The maximum Gasteiger partial charge on any atom is 0.0290 e. The van der Waals surface area contributed by atoms with Crippen LogP contribution in [-0.4, -0.2) is 12.1 Å². The molecule has 84 valence electrons. The van der Waals surface area contributed by atoms with Gasteiger partial charge in [0, 0.05) is 12.1 Å². The highest BCUT2D eigenvalue weighted by atomic mass is 15.6. The zero-order valence-electron chi connectivity index (χ0n) is 10.4. The minimum absolute atomic E-state index is 0.304. The average Bonchev–Trinajstić information content (AvgIpc) is 2.01. The highest BCUT2D eigenvalue weighted by Gasteiger charge is 2.35. The van der Waals surface area contributed by atoms with Gasteiger partial charge in [-0.15, -0.1) is 0 Å². The molecule has 0 bridgehead atoms. The van der Waals surface area contributed by atoms with Crippen molar-refractivity contribution >= 4 is 0 Å². The molecule has 1 aliphatic heterocycles. The van der Waals surface area contributed by atoms with E-state index in [9.17, 15) is 0 Å². The third-order valence-corrected chi connectivity index (χ3v) is 3.05. The molecule has 0 aliphatic carbocycles. The third kappa shape index (κ3) is 2.94. The molecule has 0 saturated carbocycles. The van der Waals surface area contributed by atoms with Crippen molar-refractivity contribution in [3.63, 3.8) is 0 Å². The van der Waals surface area contributed by atoms with Gasteiger partial charge in [0.25, 0.3) is 0 Å². The molecule has 0 aromatic heterocycles. The van der Waals surface area contributed by atoms with Gasteiger partial charge >= 0.3 is 0 Å². The lowest BCUT2D eigenvalue weighted by Crippen LogP contribution is -2.65. The number of hydrazine groups is 2. The first-order valence-corrected chi connectivity index (χ1v) is 5.47. The molecule has 0 aromatic carbocycles. The Labute approximate surface area is 88.0 Å². The number of hydrogen-bond donors (Lipinski definition) is 3. The van der Waals surface area contributed by atoms with Crippen molar-refractivity contribution in [1.82, 2.24) is 16.4 Å². The van der Waals surface area contributed by atoms with Crippen molar-refractivity contribution in [2.24, 2.45) is 10.8 Å². The topological polar surface area (TPSA) is 36.1 Å². The van der Waals surface area contributed by atoms with Gasteiger partial charge in [-0.05, 0) is 17.3 Å². The van der Waals surface area contributed by atoms with Crippen LogP contribution in [0.15, 0.2) is 0 Å². The summed E-state index contributed by atoms with van der Waals surface area (Å²) >= 11 is 0. The van der Waals surface area contributed by atoms with Crippen molar-refractivity contribution < 1.29 is 0 Å². The van der Waals surface area contributed by atoms with Gasteiger partial charge in [0.2, 0.25) is 0 Å². The fourth-order valence-electron chi connectivity index (χ4n) is 1.71. The summed E-state index contributed by atoms with van der Waals surface area (Å²) < 4.78 is 0. The monoisotopic (exact) mass is 199 g/mol. The van der Waals surface area contributed by atoms with Crippen LogP contribution in [0.4, 0.5) is 0 Å². The van der Waals surface area contributed by atoms with Crippen molar-refractivity contribution in [2.45, 2.75) is 60.0 Å². The van der Waals surface area contributed by atoms with Crippen LogP contribution in [0.5, 0.6) is 0 Å². The zero-order valence-corrected chi connectivity index (χ0v) is 10.4.